The molecule has 5 heterocycles. The Labute approximate surface area is 247 Å². The molecule has 2 aliphatic rings. The summed E-state index contributed by atoms with van der Waals surface area (Å²) in [6.45, 7) is 7.84. The number of fused-ring (bicyclic) bond motifs is 1. The Kier molecular flexibility index (Phi) is 8.77. The zero-order valence-corrected chi connectivity index (χ0v) is 24.8. The summed E-state index contributed by atoms with van der Waals surface area (Å²) in [4.78, 5) is 17.8. The first-order valence-electron chi connectivity index (χ1n) is 14.4. The van der Waals surface area contributed by atoms with Crippen molar-refractivity contribution in [2.24, 2.45) is 7.05 Å². The van der Waals surface area contributed by atoms with Crippen LogP contribution in [0.4, 0.5) is 17.6 Å². The number of ether oxygens (including phenoxy) is 1. The van der Waals surface area contributed by atoms with Crippen molar-refractivity contribution in [3.63, 3.8) is 0 Å². The molecule has 2 saturated heterocycles. The van der Waals surface area contributed by atoms with Gasteiger partial charge in [-0.15, -0.1) is 10.2 Å². The number of hydrogen-bond donors (Lipinski definition) is 0. The molecule has 0 bridgehead atoms. The van der Waals surface area contributed by atoms with Crippen molar-refractivity contribution >= 4 is 5.52 Å². The van der Waals surface area contributed by atoms with Gasteiger partial charge in [-0.05, 0) is 36.4 Å². The van der Waals surface area contributed by atoms with E-state index in [0.717, 1.165) is 36.6 Å². The summed E-state index contributed by atoms with van der Waals surface area (Å²) >= 11 is 0. The fourth-order valence-electron chi connectivity index (χ4n) is 5.52. The molecule has 2 aliphatic heterocycles. The molecule has 0 aliphatic carbocycles. The molecule has 0 amide bonds. The van der Waals surface area contributed by atoms with Gasteiger partial charge >= 0.3 is 11.9 Å². The zero-order chi connectivity index (χ0) is 30.9. The number of halogens is 4. The van der Waals surface area contributed by atoms with Crippen LogP contribution in [0.3, 0.4) is 0 Å². The highest BCUT2D eigenvalue weighted by molar-refractivity contribution is 5.58. The summed E-state index contributed by atoms with van der Waals surface area (Å²) in [6, 6.07) is 7.76. The number of nitrogens with zero attached hydrogens (tertiary/aromatic N) is 7. The van der Waals surface area contributed by atoms with Crippen molar-refractivity contribution in [1.82, 2.24) is 33.5 Å². The second-order valence-electron chi connectivity index (χ2n) is 11.4. The minimum atomic E-state index is -4.66. The Morgan fingerprint density at radius 1 is 1.05 bits per heavy atom. The van der Waals surface area contributed by atoms with Gasteiger partial charge in [0.25, 0.3) is 0 Å². The minimum absolute atomic E-state index is 0.0883. The Hall–Kier alpha value is -3.55. The van der Waals surface area contributed by atoms with E-state index in [2.05, 4.69) is 33.8 Å². The SMILES string of the molecule is CCC.CN1CCN(Cc2cc(C(F)(F)F)c3cn(-c4cccc(C5(C(F)c6nncn6C)COC5)c4)c(=O)n3c2)CC1. The van der Waals surface area contributed by atoms with Crippen LogP contribution in [-0.4, -0.2) is 80.0 Å². The molecule has 9 nitrogen and oxygen atoms in total. The lowest BCUT2D eigenvalue weighted by Crippen LogP contribution is -2.50. The predicted octanol–water partition coefficient (Wildman–Crippen LogP) is 4.38. The lowest BCUT2D eigenvalue weighted by atomic mass is 9.74. The van der Waals surface area contributed by atoms with Crippen LogP contribution in [0.1, 0.15) is 49.0 Å². The average Bonchev–Trinajstić information content (AvgIpc) is 3.52. The minimum Gasteiger partial charge on any atom is -0.379 e. The van der Waals surface area contributed by atoms with E-state index >= 15 is 4.39 Å². The molecular weight excluding hydrogens is 566 g/mol. The van der Waals surface area contributed by atoms with Gasteiger partial charge in [-0.2, -0.15) is 13.2 Å². The Bertz CT molecular complexity index is 1610. The molecule has 13 heteroatoms. The molecule has 0 radical (unpaired) electrons. The third kappa shape index (κ3) is 5.98. The van der Waals surface area contributed by atoms with Crippen molar-refractivity contribution in [1.29, 1.82) is 0 Å². The molecular formula is C30H37F4N7O2. The third-order valence-electron chi connectivity index (χ3n) is 8.01. The number of benzene rings is 1. The number of alkyl halides is 4. The molecule has 1 unspecified atom stereocenters. The molecule has 0 N–H and O–H groups in total. The number of rotatable bonds is 6. The summed E-state index contributed by atoms with van der Waals surface area (Å²) in [6.07, 6.45) is -0.854. The second kappa shape index (κ2) is 12.2. The van der Waals surface area contributed by atoms with Gasteiger partial charge < -0.3 is 14.2 Å². The van der Waals surface area contributed by atoms with Crippen molar-refractivity contribution in [2.75, 3.05) is 46.4 Å². The number of imidazole rings is 1. The smallest absolute Gasteiger partial charge is 0.379 e. The topological polar surface area (TPSA) is 72.8 Å². The van der Waals surface area contributed by atoms with Gasteiger partial charge in [0.1, 0.15) is 6.33 Å². The van der Waals surface area contributed by atoms with Gasteiger partial charge in [0, 0.05) is 52.2 Å². The summed E-state index contributed by atoms with van der Waals surface area (Å²) in [5.74, 6) is 0.142. The van der Waals surface area contributed by atoms with Crippen LogP contribution in [0.15, 0.2) is 53.8 Å². The maximum Gasteiger partial charge on any atom is 0.418 e. The van der Waals surface area contributed by atoms with Crippen LogP contribution in [0.25, 0.3) is 11.2 Å². The Morgan fingerprint density at radius 2 is 1.74 bits per heavy atom. The molecule has 43 heavy (non-hydrogen) atoms. The van der Waals surface area contributed by atoms with Crippen molar-refractivity contribution in [3.05, 3.63) is 82.1 Å². The zero-order valence-electron chi connectivity index (χ0n) is 24.8. The van der Waals surface area contributed by atoms with E-state index in [1.165, 1.54) is 34.3 Å². The highest BCUT2D eigenvalue weighted by Gasteiger charge is 2.50. The molecule has 2 fully saturated rings. The number of likely N-dealkylation sites (N-methyl/N-ethyl adjacent to an activating group) is 1. The van der Waals surface area contributed by atoms with Crippen LogP contribution in [0.2, 0.25) is 0 Å². The first kappa shape index (κ1) is 30.9. The van der Waals surface area contributed by atoms with E-state index in [4.69, 9.17) is 4.74 Å². The monoisotopic (exact) mass is 603 g/mol. The van der Waals surface area contributed by atoms with Crippen LogP contribution in [-0.2, 0) is 29.9 Å². The Morgan fingerprint density at radius 3 is 2.33 bits per heavy atom. The number of aryl methyl sites for hydroxylation is 1. The molecule has 4 aromatic rings. The van der Waals surface area contributed by atoms with E-state index in [-0.39, 0.29) is 24.6 Å². The van der Waals surface area contributed by atoms with Gasteiger partial charge in [0.2, 0.25) is 0 Å². The van der Waals surface area contributed by atoms with E-state index in [0.29, 0.717) is 23.4 Å². The fraction of sp³-hybridized carbons (Fsp3) is 0.500. The first-order chi connectivity index (χ1) is 20.5. The van der Waals surface area contributed by atoms with E-state index in [1.54, 1.807) is 31.3 Å². The Balaban J connectivity index is 0.00000118. The molecule has 0 saturated carbocycles. The molecule has 1 aromatic carbocycles. The fourth-order valence-corrected chi connectivity index (χ4v) is 5.52. The van der Waals surface area contributed by atoms with E-state index in [9.17, 15) is 18.0 Å². The quantitative estimate of drug-likeness (QED) is 0.305. The molecule has 1 atom stereocenters. The first-order valence-corrected chi connectivity index (χ1v) is 14.4. The van der Waals surface area contributed by atoms with Crippen LogP contribution in [0, 0.1) is 0 Å². The third-order valence-corrected chi connectivity index (χ3v) is 8.01. The normalized spacial score (nSPS) is 18.2. The van der Waals surface area contributed by atoms with E-state index < -0.39 is 29.0 Å². The molecule has 0 spiro atoms. The number of piperazine rings is 1. The largest absolute Gasteiger partial charge is 0.418 e. The van der Waals surface area contributed by atoms with E-state index in [1.807, 2.05) is 7.05 Å². The van der Waals surface area contributed by atoms with Gasteiger partial charge in [0.05, 0.1) is 35.4 Å². The summed E-state index contributed by atoms with van der Waals surface area (Å²) in [5.41, 5.74) is -1.52. The van der Waals surface area contributed by atoms with Crippen LogP contribution in [0.5, 0.6) is 0 Å². The molecule has 6 rings (SSSR count). The summed E-state index contributed by atoms with van der Waals surface area (Å²) in [5, 5.41) is 7.68. The van der Waals surface area contributed by atoms with Gasteiger partial charge in [-0.3, -0.25) is 13.9 Å². The van der Waals surface area contributed by atoms with Crippen molar-refractivity contribution < 1.29 is 22.3 Å². The number of aromatic nitrogens is 5. The number of hydrogen-bond acceptors (Lipinski definition) is 6. The van der Waals surface area contributed by atoms with Crippen LogP contribution >= 0.6 is 0 Å². The van der Waals surface area contributed by atoms with Gasteiger partial charge in [-0.1, -0.05) is 32.4 Å². The summed E-state index contributed by atoms with van der Waals surface area (Å²) < 4.78 is 67.5. The summed E-state index contributed by atoms with van der Waals surface area (Å²) in [7, 11) is 3.65. The highest BCUT2D eigenvalue weighted by atomic mass is 19.4. The standard InChI is InChI=1S/C27H29F4N7O2.C3H8/c1-34-6-8-36(9-7-34)12-18-10-21(27(29,30)31)22-14-37(25(39)38(22)13-18)20-5-3-4-19(11-20)26(15-40-16-26)23(28)24-33-32-17-35(24)2;1-3-2/h3-5,10-11,13-14,17,23H,6-9,12,15-16H2,1-2H3;3H2,1-2H3. The second-order valence-corrected chi connectivity index (χ2v) is 11.4. The lowest BCUT2D eigenvalue weighted by molar-refractivity contribution is -0.136. The molecule has 3 aromatic heterocycles. The van der Waals surface area contributed by atoms with Crippen molar-refractivity contribution in [3.8, 4) is 5.69 Å². The van der Waals surface area contributed by atoms with Crippen molar-refractivity contribution in [2.45, 2.75) is 44.6 Å². The number of pyridine rings is 1. The predicted molar refractivity (Wildman–Crippen MR) is 154 cm³/mol. The van der Waals surface area contributed by atoms with Crippen LogP contribution < -0.4 is 5.69 Å². The maximum atomic E-state index is 15.8. The lowest BCUT2D eigenvalue weighted by Gasteiger charge is -2.43. The maximum absolute atomic E-state index is 15.8. The highest BCUT2D eigenvalue weighted by Crippen LogP contribution is 2.45. The average molecular weight is 604 g/mol. The van der Waals surface area contributed by atoms with Gasteiger partial charge in [0.15, 0.2) is 12.0 Å². The van der Waals surface area contributed by atoms with Gasteiger partial charge in [-0.25, -0.2) is 9.18 Å². The molecule has 232 valence electrons.